The topological polar surface area (TPSA) is 100 Å². The molecule has 0 spiro atoms. The fourth-order valence-corrected chi connectivity index (χ4v) is 3.55. The molecular formula is C19H21NO7S. The molecule has 1 aromatic carbocycles. The van der Waals surface area contributed by atoms with Crippen molar-refractivity contribution in [3.63, 3.8) is 0 Å². The summed E-state index contributed by atoms with van der Waals surface area (Å²) >= 11 is 1.24. The number of carbonyl (C=O) groups is 3. The Labute approximate surface area is 166 Å². The van der Waals surface area contributed by atoms with Gasteiger partial charge in [0.1, 0.15) is 22.1 Å². The lowest BCUT2D eigenvalue weighted by Crippen LogP contribution is -2.22. The van der Waals surface area contributed by atoms with Crippen LogP contribution in [0.15, 0.2) is 18.2 Å². The number of aryl methyl sites for hydroxylation is 1. The number of rotatable bonds is 7. The first-order chi connectivity index (χ1) is 13.3. The van der Waals surface area contributed by atoms with E-state index in [1.165, 1.54) is 32.7 Å². The molecule has 1 amide bonds. The molecule has 0 aliphatic heterocycles. The lowest BCUT2D eigenvalue weighted by Gasteiger charge is -2.12. The second-order valence-corrected chi connectivity index (χ2v) is 6.87. The van der Waals surface area contributed by atoms with Crippen molar-refractivity contribution < 1.29 is 33.3 Å². The van der Waals surface area contributed by atoms with Crippen molar-refractivity contribution in [1.82, 2.24) is 0 Å². The maximum atomic E-state index is 12.4. The van der Waals surface area contributed by atoms with Gasteiger partial charge in [0, 0.05) is 4.88 Å². The monoisotopic (exact) mass is 407 g/mol. The van der Waals surface area contributed by atoms with Gasteiger partial charge in [-0.2, -0.15) is 0 Å². The zero-order valence-corrected chi connectivity index (χ0v) is 17.0. The number of ether oxygens (including phenoxy) is 4. The molecule has 0 aliphatic rings. The third-order valence-corrected chi connectivity index (χ3v) is 5.12. The molecule has 0 fully saturated rings. The summed E-state index contributed by atoms with van der Waals surface area (Å²) in [6, 6.07) is 4.83. The molecule has 0 saturated carbocycles. The van der Waals surface area contributed by atoms with Crippen LogP contribution in [0.4, 0.5) is 5.00 Å². The molecule has 0 unspecified atom stereocenters. The normalized spacial score (nSPS) is 10.2. The molecule has 8 nitrogen and oxygen atoms in total. The smallest absolute Gasteiger partial charge is 0.346 e. The van der Waals surface area contributed by atoms with Gasteiger partial charge in [0.2, 0.25) is 0 Å². The quantitative estimate of drug-likeness (QED) is 0.704. The third-order valence-electron chi connectivity index (χ3n) is 3.99. The highest BCUT2D eigenvalue weighted by Crippen LogP contribution is 2.33. The van der Waals surface area contributed by atoms with E-state index in [9.17, 15) is 14.4 Å². The van der Waals surface area contributed by atoms with Crippen LogP contribution in [0.5, 0.6) is 11.5 Å². The molecule has 1 aromatic heterocycles. The van der Waals surface area contributed by atoms with Crippen molar-refractivity contribution >= 4 is 34.2 Å². The molecule has 9 heteroatoms. The molecular weight excluding hydrogens is 386 g/mol. The highest BCUT2D eigenvalue weighted by Gasteiger charge is 2.23. The van der Waals surface area contributed by atoms with Crippen molar-refractivity contribution in [1.29, 1.82) is 0 Å². The molecule has 1 heterocycles. The average Bonchev–Trinajstić information content (AvgIpc) is 2.97. The van der Waals surface area contributed by atoms with E-state index in [-0.39, 0.29) is 22.6 Å². The largest absolute Gasteiger partial charge is 0.496 e. The van der Waals surface area contributed by atoms with E-state index in [1.807, 2.05) is 6.92 Å². The van der Waals surface area contributed by atoms with Gasteiger partial charge in [0.05, 0.1) is 26.9 Å². The number of esters is 2. The minimum Gasteiger partial charge on any atom is -0.496 e. The first-order valence-corrected chi connectivity index (χ1v) is 9.01. The molecule has 0 bridgehead atoms. The van der Waals surface area contributed by atoms with Crippen molar-refractivity contribution in [3.05, 3.63) is 39.8 Å². The predicted molar refractivity (Wildman–Crippen MR) is 104 cm³/mol. The highest BCUT2D eigenvalue weighted by molar-refractivity contribution is 7.16. The summed E-state index contributed by atoms with van der Waals surface area (Å²) in [5.74, 6) is -1.37. The maximum Gasteiger partial charge on any atom is 0.346 e. The summed E-state index contributed by atoms with van der Waals surface area (Å²) < 4.78 is 20.2. The molecule has 2 rings (SSSR count). The number of amides is 1. The van der Waals surface area contributed by atoms with Gasteiger partial charge >= 0.3 is 11.9 Å². The number of benzene rings is 1. The molecule has 0 aliphatic carbocycles. The first-order valence-electron chi connectivity index (χ1n) is 8.20. The van der Waals surface area contributed by atoms with Gasteiger partial charge in [0.15, 0.2) is 6.61 Å². The standard InChI is InChI=1S/C19H21NO7S/c1-10-11(2)28-17(15(10)18(22)26-5)20-14(21)9-27-19(23)16-12(24-3)7-6-8-13(16)25-4/h6-8H,9H2,1-5H3,(H,20,21). The number of nitrogens with one attached hydrogen (secondary N) is 1. The number of hydrogen-bond acceptors (Lipinski definition) is 8. The zero-order valence-electron chi connectivity index (χ0n) is 16.2. The molecule has 2 aromatic rings. The number of hydrogen-bond donors (Lipinski definition) is 1. The van der Waals surface area contributed by atoms with E-state index in [1.54, 1.807) is 25.1 Å². The summed E-state index contributed by atoms with van der Waals surface area (Å²) in [7, 11) is 4.09. The molecule has 0 radical (unpaired) electrons. The van der Waals surface area contributed by atoms with Crippen LogP contribution in [0.3, 0.4) is 0 Å². The molecule has 150 valence electrons. The Morgan fingerprint density at radius 2 is 1.57 bits per heavy atom. The van der Waals surface area contributed by atoms with Gasteiger partial charge in [-0.1, -0.05) is 6.07 Å². The van der Waals surface area contributed by atoms with Gasteiger partial charge in [-0.05, 0) is 31.5 Å². The fraction of sp³-hybridized carbons (Fsp3) is 0.316. The maximum absolute atomic E-state index is 12.4. The van der Waals surface area contributed by atoms with Crippen molar-refractivity contribution in [2.45, 2.75) is 13.8 Å². The van der Waals surface area contributed by atoms with E-state index >= 15 is 0 Å². The Morgan fingerprint density at radius 3 is 2.11 bits per heavy atom. The highest BCUT2D eigenvalue weighted by atomic mass is 32.1. The van der Waals surface area contributed by atoms with Crippen LogP contribution in [0, 0.1) is 13.8 Å². The second-order valence-electron chi connectivity index (χ2n) is 5.64. The SMILES string of the molecule is COC(=O)c1c(NC(=O)COC(=O)c2c(OC)cccc2OC)sc(C)c1C. The van der Waals surface area contributed by atoms with E-state index in [4.69, 9.17) is 18.9 Å². The Kier molecular flexibility index (Phi) is 7.00. The van der Waals surface area contributed by atoms with Crippen molar-refractivity contribution in [3.8, 4) is 11.5 Å². The van der Waals surface area contributed by atoms with Crippen LogP contribution >= 0.6 is 11.3 Å². The van der Waals surface area contributed by atoms with Crippen molar-refractivity contribution in [2.75, 3.05) is 33.3 Å². The molecule has 1 N–H and O–H groups in total. The van der Waals surface area contributed by atoms with E-state index in [0.29, 0.717) is 5.00 Å². The molecule has 0 saturated heterocycles. The summed E-state index contributed by atoms with van der Waals surface area (Å²) in [5.41, 5.74) is 1.09. The Hall–Kier alpha value is -3.07. The van der Waals surface area contributed by atoms with Gasteiger partial charge in [0.25, 0.3) is 5.91 Å². The summed E-state index contributed by atoms with van der Waals surface area (Å²) in [6.45, 7) is 3.05. The summed E-state index contributed by atoms with van der Waals surface area (Å²) in [6.07, 6.45) is 0. The van der Waals surface area contributed by atoms with Crippen molar-refractivity contribution in [2.24, 2.45) is 0 Å². The number of carbonyl (C=O) groups excluding carboxylic acids is 3. The Balaban J connectivity index is 2.11. The Bertz CT molecular complexity index is 882. The van der Waals surface area contributed by atoms with Crippen LogP contribution in [0.1, 0.15) is 31.2 Å². The third kappa shape index (κ3) is 4.42. The number of methoxy groups -OCH3 is 3. The lowest BCUT2D eigenvalue weighted by molar-refractivity contribution is -0.119. The van der Waals surface area contributed by atoms with E-state index in [2.05, 4.69) is 5.32 Å². The van der Waals surface area contributed by atoms with Crippen LogP contribution in [0.2, 0.25) is 0 Å². The zero-order chi connectivity index (χ0) is 20.8. The van der Waals surface area contributed by atoms with Crippen LogP contribution in [-0.2, 0) is 14.3 Å². The molecule has 0 atom stereocenters. The Morgan fingerprint density at radius 1 is 0.964 bits per heavy atom. The second kappa shape index (κ2) is 9.23. The minimum absolute atomic E-state index is 0.0818. The van der Waals surface area contributed by atoms with E-state index < -0.39 is 24.5 Å². The number of anilines is 1. The lowest BCUT2D eigenvalue weighted by atomic mass is 10.1. The summed E-state index contributed by atoms with van der Waals surface area (Å²) in [5, 5.41) is 2.94. The van der Waals surface area contributed by atoms with Gasteiger partial charge < -0.3 is 24.3 Å². The molecule has 28 heavy (non-hydrogen) atoms. The van der Waals surface area contributed by atoms with E-state index in [0.717, 1.165) is 10.4 Å². The fourth-order valence-electron chi connectivity index (χ4n) is 2.48. The summed E-state index contributed by atoms with van der Waals surface area (Å²) in [4.78, 5) is 37.5. The first kappa shape index (κ1) is 21.2. The number of thiophene rings is 1. The average molecular weight is 407 g/mol. The minimum atomic E-state index is -0.767. The van der Waals surface area contributed by atoms with Gasteiger partial charge in [-0.3, -0.25) is 4.79 Å². The predicted octanol–water partition coefficient (Wildman–Crippen LogP) is 2.96. The van der Waals surface area contributed by atoms with Crippen LogP contribution in [-0.4, -0.2) is 45.8 Å². The van der Waals surface area contributed by atoms with Gasteiger partial charge in [-0.25, -0.2) is 9.59 Å². The van der Waals surface area contributed by atoms with Gasteiger partial charge in [-0.15, -0.1) is 11.3 Å². The van der Waals surface area contributed by atoms with Crippen LogP contribution in [0.25, 0.3) is 0 Å². The van der Waals surface area contributed by atoms with Crippen LogP contribution < -0.4 is 14.8 Å².